The number of para-hydroxylation sites is 2. The first kappa shape index (κ1) is 26.5. The fraction of sp³-hybridized carbons (Fsp3) is 0.121. The lowest BCUT2D eigenvalue weighted by atomic mass is 10.1. The summed E-state index contributed by atoms with van der Waals surface area (Å²) < 4.78 is 20.1. The third-order valence-corrected chi connectivity index (χ3v) is 7.15. The predicted molar refractivity (Wildman–Crippen MR) is 165 cm³/mol. The summed E-state index contributed by atoms with van der Waals surface area (Å²) in [5.41, 5.74) is 3.92. The second-order valence-corrected chi connectivity index (χ2v) is 10.4. The highest BCUT2D eigenvalue weighted by molar-refractivity contribution is 9.10. The largest absolute Gasteiger partial charge is 0.490 e. The van der Waals surface area contributed by atoms with Crippen LogP contribution in [-0.2, 0) is 6.61 Å². The number of nitrogens with zero attached hydrogens (tertiary/aromatic N) is 3. The van der Waals surface area contributed by atoms with Crippen LogP contribution in [0.1, 0.15) is 23.6 Å². The van der Waals surface area contributed by atoms with Crippen molar-refractivity contribution in [1.29, 1.82) is 0 Å². The van der Waals surface area contributed by atoms with Crippen LogP contribution in [0.3, 0.4) is 0 Å². The van der Waals surface area contributed by atoms with Crippen LogP contribution in [0.2, 0.25) is 0 Å². The van der Waals surface area contributed by atoms with Crippen LogP contribution in [0, 0.1) is 6.92 Å². The minimum absolute atomic E-state index is 0.301. The highest BCUT2D eigenvalue weighted by Crippen LogP contribution is 2.37. The maximum atomic E-state index is 13.6. The van der Waals surface area contributed by atoms with Crippen LogP contribution in [0.5, 0.6) is 11.5 Å². The molecule has 0 aliphatic heterocycles. The van der Waals surface area contributed by atoms with Crippen LogP contribution < -0.4 is 15.0 Å². The summed E-state index contributed by atoms with van der Waals surface area (Å²) in [7, 11) is 0. The lowest BCUT2D eigenvalue weighted by Crippen LogP contribution is -2.20. The van der Waals surface area contributed by atoms with Gasteiger partial charge < -0.3 is 13.9 Å². The molecule has 0 saturated heterocycles. The monoisotopic (exact) mass is 607 g/mol. The van der Waals surface area contributed by atoms with Crippen molar-refractivity contribution in [3.63, 3.8) is 0 Å². The van der Waals surface area contributed by atoms with E-state index in [1.165, 1.54) is 10.2 Å². The van der Waals surface area contributed by atoms with Gasteiger partial charge in [0.1, 0.15) is 12.2 Å². The minimum Gasteiger partial charge on any atom is -0.490 e. The molecule has 6 aromatic rings. The van der Waals surface area contributed by atoms with Crippen molar-refractivity contribution >= 4 is 44.0 Å². The highest BCUT2D eigenvalue weighted by atomic mass is 79.9. The molecule has 2 heterocycles. The average Bonchev–Trinajstić information content (AvgIpc) is 3.42. The van der Waals surface area contributed by atoms with Crippen molar-refractivity contribution < 1.29 is 13.9 Å². The Morgan fingerprint density at radius 1 is 0.976 bits per heavy atom. The Bertz CT molecular complexity index is 1930. The van der Waals surface area contributed by atoms with Gasteiger partial charge in [-0.25, -0.2) is 4.98 Å². The minimum atomic E-state index is -0.301. The van der Waals surface area contributed by atoms with Gasteiger partial charge in [-0.15, -0.1) is 0 Å². The number of ether oxygens (including phenoxy) is 2. The van der Waals surface area contributed by atoms with E-state index in [9.17, 15) is 4.79 Å². The normalized spacial score (nSPS) is 11.5. The van der Waals surface area contributed by atoms with Gasteiger partial charge in [0.2, 0.25) is 5.82 Å². The van der Waals surface area contributed by atoms with Crippen LogP contribution in [-0.4, -0.2) is 22.5 Å². The van der Waals surface area contributed by atoms with Crippen molar-refractivity contribution in [2.45, 2.75) is 20.5 Å². The Balaban J connectivity index is 1.39. The molecule has 0 N–H and O–H groups in total. The number of aryl methyl sites for hydroxylation is 1. The average molecular weight is 608 g/mol. The fourth-order valence-corrected chi connectivity index (χ4v) is 5.09. The molecule has 6 rings (SSSR count). The van der Waals surface area contributed by atoms with Gasteiger partial charge in [0.15, 0.2) is 17.3 Å². The molecule has 2 aromatic heterocycles. The van der Waals surface area contributed by atoms with Crippen molar-refractivity contribution in [2.24, 2.45) is 5.10 Å². The maximum absolute atomic E-state index is 13.6. The van der Waals surface area contributed by atoms with Gasteiger partial charge in [-0.05, 0) is 77.3 Å². The van der Waals surface area contributed by atoms with Crippen molar-refractivity contribution in [2.75, 3.05) is 6.61 Å². The number of aromatic nitrogens is 2. The molecule has 0 fully saturated rings. The second kappa shape index (κ2) is 11.4. The van der Waals surface area contributed by atoms with Gasteiger partial charge in [0.05, 0.1) is 28.2 Å². The zero-order chi connectivity index (χ0) is 28.3. The Hall–Kier alpha value is -4.69. The van der Waals surface area contributed by atoms with E-state index in [1.807, 2.05) is 67.6 Å². The SMILES string of the molecule is CCOc1cc(C=Nn2c(-c3cc4ccccc4o3)nc3ccccc3c2=O)cc(Br)c1OCc1ccc(C)cc1. The van der Waals surface area contributed by atoms with Crippen LogP contribution >= 0.6 is 15.9 Å². The fourth-order valence-electron chi connectivity index (χ4n) is 4.51. The Morgan fingerprint density at radius 2 is 1.76 bits per heavy atom. The van der Waals surface area contributed by atoms with E-state index in [1.54, 1.807) is 24.4 Å². The van der Waals surface area contributed by atoms with E-state index in [2.05, 4.69) is 40.1 Å². The van der Waals surface area contributed by atoms with Crippen molar-refractivity contribution in [3.05, 3.63) is 123 Å². The van der Waals surface area contributed by atoms with Crippen LogP contribution in [0.15, 0.2) is 110 Å². The maximum Gasteiger partial charge on any atom is 0.282 e. The predicted octanol–water partition coefficient (Wildman–Crippen LogP) is 7.74. The molecule has 0 aliphatic carbocycles. The smallest absolute Gasteiger partial charge is 0.282 e. The molecule has 8 heteroatoms. The molecule has 4 aromatic carbocycles. The lowest BCUT2D eigenvalue weighted by Gasteiger charge is -2.15. The zero-order valence-corrected chi connectivity index (χ0v) is 24.1. The Morgan fingerprint density at radius 3 is 2.56 bits per heavy atom. The molecular weight excluding hydrogens is 582 g/mol. The molecule has 41 heavy (non-hydrogen) atoms. The number of halogens is 1. The number of furan rings is 1. The van der Waals surface area contributed by atoms with Gasteiger partial charge in [-0.2, -0.15) is 9.78 Å². The molecular formula is C33H26BrN3O4. The van der Waals surface area contributed by atoms with Gasteiger partial charge in [0.25, 0.3) is 5.56 Å². The number of hydrogen-bond donors (Lipinski definition) is 0. The summed E-state index contributed by atoms with van der Waals surface area (Å²) in [4.78, 5) is 18.4. The highest BCUT2D eigenvalue weighted by Gasteiger charge is 2.17. The quantitative estimate of drug-likeness (QED) is 0.165. The molecule has 0 unspecified atom stereocenters. The molecule has 0 amide bonds. The summed E-state index contributed by atoms with van der Waals surface area (Å²) in [6, 6.07) is 28.6. The summed E-state index contributed by atoms with van der Waals surface area (Å²) >= 11 is 3.63. The summed E-state index contributed by atoms with van der Waals surface area (Å²) in [5.74, 6) is 1.92. The van der Waals surface area contributed by atoms with Gasteiger partial charge in [-0.3, -0.25) is 4.79 Å². The molecule has 0 saturated carbocycles. The van der Waals surface area contributed by atoms with Gasteiger partial charge in [-0.1, -0.05) is 60.2 Å². The number of benzene rings is 4. The molecule has 0 spiro atoms. The van der Waals surface area contributed by atoms with Crippen LogP contribution in [0.25, 0.3) is 33.5 Å². The molecule has 7 nitrogen and oxygen atoms in total. The summed E-state index contributed by atoms with van der Waals surface area (Å²) in [6.07, 6.45) is 1.60. The number of hydrogen-bond acceptors (Lipinski definition) is 6. The van der Waals surface area contributed by atoms with E-state index in [4.69, 9.17) is 18.9 Å². The first-order valence-corrected chi connectivity index (χ1v) is 14.0. The molecule has 0 aliphatic rings. The van der Waals surface area contributed by atoms with E-state index in [0.717, 1.165) is 10.9 Å². The van der Waals surface area contributed by atoms with Crippen molar-refractivity contribution in [3.8, 4) is 23.1 Å². The number of fused-ring (bicyclic) bond motifs is 2. The molecule has 0 radical (unpaired) electrons. The van der Waals surface area contributed by atoms with E-state index in [0.29, 0.717) is 62.8 Å². The van der Waals surface area contributed by atoms with E-state index >= 15 is 0 Å². The topological polar surface area (TPSA) is 78.9 Å². The molecule has 204 valence electrons. The summed E-state index contributed by atoms with van der Waals surface area (Å²) in [6.45, 7) is 4.82. The Labute approximate surface area is 244 Å². The van der Waals surface area contributed by atoms with E-state index < -0.39 is 0 Å². The second-order valence-electron chi connectivity index (χ2n) is 9.50. The third-order valence-electron chi connectivity index (χ3n) is 6.56. The summed E-state index contributed by atoms with van der Waals surface area (Å²) in [5, 5.41) is 5.95. The first-order valence-electron chi connectivity index (χ1n) is 13.2. The molecule has 0 atom stereocenters. The van der Waals surface area contributed by atoms with Crippen molar-refractivity contribution in [1.82, 2.24) is 9.66 Å². The first-order chi connectivity index (χ1) is 20.0. The molecule has 0 bridgehead atoms. The Kier molecular flexibility index (Phi) is 7.39. The standard InChI is InChI=1S/C33H26BrN3O4/c1-3-39-29-17-23(16-26(34)31(29)40-20-22-14-12-21(2)13-15-22)19-35-37-32(30-18-24-8-4-7-11-28(24)41-30)36-27-10-6-5-9-25(27)33(37)38/h4-19H,3,20H2,1-2H3. The van der Waals surface area contributed by atoms with Gasteiger partial charge >= 0.3 is 0 Å². The zero-order valence-electron chi connectivity index (χ0n) is 22.5. The van der Waals surface area contributed by atoms with Crippen LogP contribution in [0.4, 0.5) is 0 Å². The lowest BCUT2D eigenvalue weighted by molar-refractivity contribution is 0.267. The number of rotatable bonds is 8. The van der Waals surface area contributed by atoms with Gasteiger partial charge in [0, 0.05) is 5.39 Å². The third kappa shape index (κ3) is 5.51. The van der Waals surface area contributed by atoms with E-state index in [-0.39, 0.29) is 5.56 Å².